The summed E-state index contributed by atoms with van der Waals surface area (Å²) < 4.78 is 6.62. The van der Waals surface area contributed by atoms with Gasteiger partial charge in [-0.3, -0.25) is 19.0 Å². The summed E-state index contributed by atoms with van der Waals surface area (Å²) in [6.07, 6.45) is 1.36. The van der Waals surface area contributed by atoms with Crippen molar-refractivity contribution in [3.8, 4) is 16.2 Å². The fourth-order valence-corrected chi connectivity index (χ4v) is 4.81. The van der Waals surface area contributed by atoms with Crippen LogP contribution in [0.15, 0.2) is 58.3 Å². The van der Waals surface area contributed by atoms with Crippen LogP contribution in [0.25, 0.3) is 20.7 Å². The van der Waals surface area contributed by atoms with Crippen molar-refractivity contribution < 1.29 is 14.3 Å². The number of aromatic nitrogens is 2. The average Bonchev–Trinajstić information content (AvgIpc) is 3.46. The van der Waals surface area contributed by atoms with Gasteiger partial charge in [-0.15, -0.1) is 22.7 Å². The van der Waals surface area contributed by atoms with E-state index >= 15 is 0 Å². The zero-order valence-electron chi connectivity index (χ0n) is 17.2. The lowest BCUT2D eigenvalue weighted by molar-refractivity contribution is -0.124. The number of amides is 2. The zero-order valence-corrected chi connectivity index (χ0v) is 18.8. The lowest BCUT2D eigenvalue weighted by Crippen LogP contribution is -2.37. The van der Waals surface area contributed by atoms with E-state index in [1.165, 1.54) is 33.6 Å². The largest absolute Gasteiger partial charge is 0.494 e. The first-order valence-electron chi connectivity index (χ1n) is 9.85. The summed E-state index contributed by atoms with van der Waals surface area (Å²) in [7, 11) is 0. The monoisotopic (exact) mass is 468 g/mol. The molecule has 0 saturated carbocycles. The quantitative estimate of drug-likeness (QED) is 0.413. The van der Waals surface area contributed by atoms with Gasteiger partial charge >= 0.3 is 0 Å². The minimum absolute atomic E-state index is 0.213. The molecule has 0 fully saturated rings. The molecule has 0 atom stereocenters. The van der Waals surface area contributed by atoms with Gasteiger partial charge < -0.3 is 15.4 Å². The summed E-state index contributed by atoms with van der Waals surface area (Å²) in [5.74, 6) is -0.119. The fraction of sp³-hybridized carbons (Fsp3) is 0.182. The molecule has 3 aromatic heterocycles. The molecule has 4 rings (SSSR count). The van der Waals surface area contributed by atoms with Crippen LogP contribution in [0.3, 0.4) is 0 Å². The second-order valence-electron chi connectivity index (χ2n) is 6.77. The number of benzene rings is 1. The maximum atomic E-state index is 13.0. The molecule has 2 N–H and O–H groups in total. The molecule has 2 amide bonds. The number of anilines is 1. The van der Waals surface area contributed by atoms with Crippen molar-refractivity contribution in [3.63, 3.8) is 0 Å². The van der Waals surface area contributed by atoms with Crippen LogP contribution in [-0.2, 0) is 16.1 Å². The second-order valence-corrected chi connectivity index (χ2v) is 8.57. The standard InChI is InChI=1S/C22H20N4O4S2/c1-2-30-15-7-5-14(6-8-15)25-18(27)10-23-19(28)11-26-13-24-21-20(22(26)29)16(12-32-21)17-4-3-9-31-17/h3-9,12-13H,2,10-11H2,1H3,(H,23,28)(H,25,27). The van der Waals surface area contributed by atoms with Crippen LogP contribution in [0.4, 0.5) is 5.69 Å². The topological polar surface area (TPSA) is 102 Å². The number of hydrogen-bond acceptors (Lipinski definition) is 7. The van der Waals surface area contributed by atoms with Crippen molar-refractivity contribution in [3.05, 3.63) is 63.8 Å². The van der Waals surface area contributed by atoms with E-state index in [0.29, 0.717) is 28.3 Å². The van der Waals surface area contributed by atoms with Crippen LogP contribution >= 0.6 is 22.7 Å². The first-order valence-corrected chi connectivity index (χ1v) is 11.6. The van der Waals surface area contributed by atoms with Crippen molar-refractivity contribution in [2.24, 2.45) is 0 Å². The lowest BCUT2D eigenvalue weighted by atomic mass is 10.2. The number of carbonyl (C=O) groups excluding carboxylic acids is 2. The van der Waals surface area contributed by atoms with Gasteiger partial charge in [0, 0.05) is 21.5 Å². The Morgan fingerprint density at radius 3 is 2.66 bits per heavy atom. The van der Waals surface area contributed by atoms with E-state index in [-0.39, 0.29) is 24.6 Å². The summed E-state index contributed by atoms with van der Waals surface area (Å²) in [5, 5.41) is 9.58. The molecule has 32 heavy (non-hydrogen) atoms. The highest BCUT2D eigenvalue weighted by atomic mass is 32.1. The Kier molecular flexibility index (Phi) is 6.62. The predicted molar refractivity (Wildman–Crippen MR) is 126 cm³/mol. The molecular formula is C22H20N4O4S2. The van der Waals surface area contributed by atoms with Crippen LogP contribution in [0.2, 0.25) is 0 Å². The van der Waals surface area contributed by atoms with Crippen molar-refractivity contribution in [2.75, 3.05) is 18.5 Å². The number of nitrogens with zero attached hydrogens (tertiary/aromatic N) is 2. The van der Waals surface area contributed by atoms with Gasteiger partial charge in [-0.2, -0.15) is 0 Å². The average molecular weight is 469 g/mol. The van der Waals surface area contributed by atoms with Gasteiger partial charge in [0.2, 0.25) is 11.8 Å². The van der Waals surface area contributed by atoms with Crippen LogP contribution in [0.1, 0.15) is 6.92 Å². The number of hydrogen-bond donors (Lipinski definition) is 2. The maximum absolute atomic E-state index is 13.0. The molecule has 0 aliphatic rings. The molecule has 4 aromatic rings. The van der Waals surface area contributed by atoms with Crippen molar-refractivity contribution in [1.29, 1.82) is 0 Å². The minimum Gasteiger partial charge on any atom is -0.494 e. The number of rotatable bonds is 8. The predicted octanol–water partition coefficient (Wildman–Crippen LogP) is 3.34. The fourth-order valence-electron chi connectivity index (χ4n) is 3.09. The molecule has 0 bridgehead atoms. The molecule has 1 aromatic carbocycles. The Morgan fingerprint density at radius 2 is 1.94 bits per heavy atom. The Hall–Kier alpha value is -3.50. The molecule has 0 aliphatic carbocycles. The normalized spacial score (nSPS) is 10.8. The molecule has 164 valence electrons. The van der Waals surface area contributed by atoms with Gasteiger partial charge in [0.1, 0.15) is 17.1 Å². The smallest absolute Gasteiger partial charge is 0.263 e. The Balaban J connectivity index is 1.37. The Labute approximate surface area is 191 Å². The zero-order chi connectivity index (χ0) is 22.5. The molecule has 0 spiro atoms. The first kappa shape index (κ1) is 21.7. The first-order chi connectivity index (χ1) is 15.5. The lowest BCUT2D eigenvalue weighted by Gasteiger charge is -2.09. The van der Waals surface area contributed by atoms with Crippen LogP contribution < -0.4 is 20.9 Å². The van der Waals surface area contributed by atoms with Gasteiger partial charge in [0.25, 0.3) is 5.56 Å². The van der Waals surface area contributed by atoms with Crippen LogP contribution in [0.5, 0.6) is 5.75 Å². The molecule has 8 nitrogen and oxygen atoms in total. The molecule has 3 heterocycles. The molecule has 10 heteroatoms. The number of carbonyl (C=O) groups is 2. The maximum Gasteiger partial charge on any atom is 0.263 e. The highest BCUT2D eigenvalue weighted by molar-refractivity contribution is 7.18. The Morgan fingerprint density at radius 1 is 1.12 bits per heavy atom. The summed E-state index contributed by atoms with van der Waals surface area (Å²) in [6, 6.07) is 10.8. The number of fused-ring (bicyclic) bond motifs is 1. The third kappa shape index (κ3) is 4.87. The van der Waals surface area contributed by atoms with Gasteiger partial charge in [-0.1, -0.05) is 6.07 Å². The number of ether oxygens (including phenoxy) is 1. The van der Waals surface area contributed by atoms with E-state index in [9.17, 15) is 14.4 Å². The summed E-state index contributed by atoms with van der Waals surface area (Å²) >= 11 is 2.93. The molecule has 0 radical (unpaired) electrons. The molecule has 0 aliphatic heterocycles. The molecule has 0 unspecified atom stereocenters. The van der Waals surface area contributed by atoms with E-state index in [0.717, 1.165) is 10.4 Å². The van der Waals surface area contributed by atoms with Gasteiger partial charge in [-0.05, 0) is 42.6 Å². The minimum atomic E-state index is -0.456. The highest BCUT2D eigenvalue weighted by Crippen LogP contribution is 2.33. The van der Waals surface area contributed by atoms with E-state index in [4.69, 9.17) is 4.74 Å². The van der Waals surface area contributed by atoms with Crippen molar-refractivity contribution >= 4 is 50.4 Å². The van der Waals surface area contributed by atoms with E-state index < -0.39 is 5.91 Å². The van der Waals surface area contributed by atoms with Crippen molar-refractivity contribution in [1.82, 2.24) is 14.9 Å². The molecule has 0 saturated heterocycles. The summed E-state index contributed by atoms with van der Waals surface area (Å²) in [6.45, 7) is 2.02. The van der Waals surface area contributed by atoms with Gasteiger partial charge in [-0.25, -0.2) is 4.98 Å². The van der Waals surface area contributed by atoms with Crippen molar-refractivity contribution in [2.45, 2.75) is 13.5 Å². The van der Waals surface area contributed by atoms with E-state index in [1.54, 1.807) is 24.3 Å². The Bertz CT molecular complexity index is 1290. The summed E-state index contributed by atoms with van der Waals surface area (Å²) in [4.78, 5) is 43.3. The SMILES string of the molecule is CCOc1ccc(NC(=O)CNC(=O)Cn2cnc3scc(-c4cccs4)c3c2=O)cc1. The van der Waals surface area contributed by atoms with Gasteiger partial charge in [0.15, 0.2) is 0 Å². The summed E-state index contributed by atoms with van der Waals surface area (Å²) in [5.41, 5.74) is 1.13. The van der Waals surface area contributed by atoms with E-state index in [2.05, 4.69) is 15.6 Å². The third-order valence-corrected chi connectivity index (χ3v) is 6.35. The number of nitrogens with one attached hydrogen (secondary N) is 2. The number of thiophene rings is 2. The second kappa shape index (κ2) is 9.75. The molecular weight excluding hydrogens is 448 g/mol. The third-order valence-electron chi connectivity index (χ3n) is 4.56. The van der Waals surface area contributed by atoms with Crippen LogP contribution in [0, 0.1) is 0 Å². The van der Waals surface area contributed by atoms with Gasteiger partial charge in [0.05, 0.1) is 24.9 Å². The van der Waals surface area contributed by atoms with Crippen LogP contribution in [-0.4, -0.2) is 34.5 Å². The van der Waals surface area contributed by atoms with E-state index in [1.807, 2.05) is 29.8 Å². The highest BCUT2D eigenvalue weighted by Gasteiger charge is 2.15.